The van der Waals surface area contributed by atoms with E-state index in [1.54, 1.807) is 14.2 Å². The van der Waals surface area contributed by atoms with Crippen LogP contribution in [-0.2, 0) is 12.8 Å². The van der Waals surface area contributed by atoms with Crippen molar-refractivity contribution in [3.05, 3.63) is 65.5 Å². The van der Waals surface area contributed by atoms with Gasteiger partial charge in [-0.05, 0) is 54.0 Å². The van der Waals surface area contributed by atoms with E-state index in [1.165, 1.54) is 16.5 Å². The molecule has 0 saturated carbocycles. The molecule has 1 N–H and O–H groups in total. The molecular formula is C27H32N2O3. The van der Waals surface area contributed by atoms with Gasteiger partial charge in [-0.15, -0.1) is 0 Å². The summed E-state index contributed by atoms with van der Waals surface area (Å²) < 4.78 is 11.1. The average molecular weight is 433 g/mol. The second kappa shape index (κ2) is 8.38. The molecule has 5 nitrogen and oxygen atoms in total. The van der Waals surface area contributed by atoms with E-state index in [1.807, 2.05) is 12.3 Å². The van der Waals surface area contributed by atoms with E-state index < -0.39 is 5.60 Å². The Hall–Kier alpha value is -2.63. The lowest BCUT2D eigenvalue weighted by Gasteiger charge is -2.51. The predicted molar refractivity (Wildman–Crippen MR) is 126 cm³/mol. The molecule has 0 radical (unpaired) electrons. The summed E-state index contributed by atoms with van der Waals surface area (Å²) >= 11 is 0. The van der Waals surface area contributed by atoms with Gasteiger partial charge in [-0.25, -0.2) is 0 Å². The van der Waals surface area contributed by atoms with Gasteiger partial charge in [0.1, 0.15) is 0 Å². The van der Waals surface area contributed by atoms with E-state index in [4.69, 9.17) is 14.5 Å². The molecule has 3 atom stereocenters. The summed E-state index contributed by atoms with van der Waals surface area (Å²) in [4.78, 5) is 7.25. The van der Waals surface area contributed by atoms with Crippen molar-refractivity contribution in [3.8, 4) is 11.5 Å². The first-order chi connectivity index (χ1) is 15.6. The predicted octanol–water partition coefficient (Wildman–Crippen LogP) is 4.55. The molecule has 1 aromatic heterocycles. The summed E-state index contributed by atoms with van der Waals surface area (Å²) in [6.45, 7) is 4.10. The van der Waals surface area contributed by atoms with Crippen LogP contribution in [-0.4, -0.2) is 47.9 Å². The minimum atomic E-state index is -0.811. The molecule has 3 heterocycles. The molecule has 1 saturated heterocycles. The van der Waals surface area contributed by atoms with E-state index in [0.717, 1.165) is 48.5 Å². The smallest absolute Gasteiger partial charge is 0.161 e. The Morgan fingerprint density at radius 3 is 2.69 bits per heavy atom. The van der Waals surface area contributed by atoms with Gasteiger partial charge >= 0.3 is 0 Å². The Kier molecular flexibility index (Phi) is 5.56. The summed E-state index contributed by atoms with van der Waals surface area (Å²) in [6.07, 6.45) is 5.07. The monoisotopic (exact) mass is 432 g/mol. The second-order valence-corrected chi connectivity index (χ2v) is 9.24. The van der Waals surface area contributed by atoms with Crippen LogP contribution in [0.15, 0.2) is 48.7 Å². The van der Waals surface area contributed by atoms with Crippen LogP contribution in [0.2, 0.25) is 0 Å². The number of pyridine rings is 1. The highest BCUT2D eigenvalue weighted by atomic mass is 16.5. The highest BCUT2D eigenvalue weighted by Crippen LogP contribution is 2.47. The first-order valence-corrected chi connectivity index (χ1v) is 11.6. The highest BCUT2D eigenvalue weighted by Gasteiger charge is 2.47. The third kappa shape index (κ3) is 3.54. The molecule has 2 aliphatic heterocycles. The SMILES string of the molecule is CC[C@H]1CN2CCc3cc(OC)c(OC)cc3[C@@H]2C[C@]1(O)Cc1nccc2ccccc12. The standard InChI is InChI=1S/C27H32N2O3/c1-4-20-17-29-12-10-19-13-25(31-2)26(32-3)14-22(19)24(29)16-27(20,30)15-23-21-8-6-5-7-18(21)9-11-28-23/h5-9,11,13-14,20,24,30H,4,10,12,15-17H2,1-3H3/t20-,24-,27+/m0/s1. The zero-order valence-corrected chi connectivity index (χ0v) is 19.2. The molecule has 0 aliphatic carbocycles. The lowest BCUT2D eigenvalue weighted by molar-refractivity contribution is -0.0986. The van der Waals surface area contributed by atoms with Gasteiger partial charge in [0.15, 0.2) is 11.5 Å². The van der Waals surface area contributed by atoms with E-state index in [2.05, 4.69) is 48.2 Å². The summed E-state index contributed by atoms with van der Waals surface area (Å²) in [6, 6.07) is 14.8. The van der Waals surface area contributed by atoms with Gasteiger partial charge in [0.25, 0.3) is 0 Å². The maximum atomic E-state index is 12.1. The molecule has 0 spiro atoms. The van der Waals surface area contributed by atoms with Crippen LogP contribution in [0.25, 0.3) is 10.8 Å². The van der Waals surface area contributed by atoms with Crippen LogP contribution in [0.1, 0.15) is 42.6 Å². The van der Waals surface area contributed by atoms with E-state index in [9.17, 15) is 5.11 Å². The summed E-state index contributed by atoms with van der Waals surface area (Å²) in [5, 5.41) is 14.4. The largest absolute Gasteiger partial charge is 0.493 e. The van der Waals surface area contributed by atoms with Crippen LogP contribution in [0.4, 0.5) is 0 Å². The highest BCUT2D eigenvalue weighted by molar-refractivity contribution is 5.84. The van der Waals surface area contributed by atoms with Gasteiger partial charge in [-0.3, -0.25) is 9.88 Å². The number of rotatable bonds is 5. The number of fused-ring (bicyclic) bond motifs is 4. The van der Waals surface area contributed by atoms with Crippen molar-refractivity contribution in [1.29, 1.82) is 0 Å². The van der Waals surface area contributed by atoms with E-state index >= 15 is 0 Å². The number of aromatic nitrogens is 1. The molecule has 2 aromatic carbocycles. The number of methoxy groups -OCH3 is 2. The van der Waals surface area contributed by atoms with Gasteiger partial charge < -0.3 is 14.6 Å². The Labute approximate surface area is 190 Å². The van der Waals surface area contributed by atoms with Gasteiger partial charge in [0, 0.05) is 43.1 Å². The number of hydrogen-bond donors (Lipinski definition) is 1. The van der Waals surface area contributed by atoms with E-state index in [-0.39, 0.29) is 12.0 Å². The first kappa shape index (κ1) is 21.2. The van der Waals surface area contributed by atoms with Crippen molar-refractivity contribution in [2.75, 3.05) is 27.3 Å². The van der Waals surface area contributed by atoms with Crippen LogP contribution in [0.3, 0.4) is 0 Å². The van der Waals surface area contributed by atoms with Crippen molar-refractivity contribution < 1.29 is 14.6 Å². The molecule has 5 rings (SSSR count). The van der Waals surface area contributed by atoms with Crippen molar-refractivity contribution in [2.24, 2.45) is 5.92 Å². The minimum absolute atomic E-state index is 0.168. The molecule has 2 aliphatic rings. The Bertz CT molecular complexity index is 1130. The number of aliphatic hydroxyl groups is 1. The van der Waals surface area contributed by atoms with E-state index in [0.29, 0.717) is 12.8 Å². The minimum Gasteiger partial charge on any atom is -0.493 e. The number of piperidine rings is 1. The van der Waals surface area contributed by atoms with Gasteiger partial charge in [0.2, 0.25) is 0 Å². The van der Waals surface area contributed by atoms with Crippen molar-refractivity contribution in [2.45, 2.75) is 44.2 Å². The van der Waals surface area contributed by atoms with Gasteiger partial charge in [-0.2, -0.15) is 0 Å². The zero-order valence-electron chi connectivity index (χ0n) is 19.2. The maximum absolute atomic E-state index is 12.1. The average Bonchev–Trinajstić information content (AvgIpc) is 2.82. The normalized spacial score (nSPS) is 25.2. The fourth-order valence-electron chi connectivity index (χ4n) is 5.83. The number of nitrogens with zero attached hydrogens (tertiary/aromatic N) is 2. The first-order valence-electron chi connectivity index (χ1n) is 11.6. The summed E-state index contributed by atoms with van der Waals surface area (Å²) in [7, 11) is 3.36. The molecule has 0 bridgehead atoms. The third-order valence-corrected chi connectivity index (χ3v) is 7.60. The van der Waals surface area contributed by atoms with Crippen molar-refractivity contribution in [1.82, 2.24) is 9.88 Å². The summed E-state index contributed by atoms with van der Waals surface area (Å²) in [5.41, 5.74) is 2.73. The van der Waals surface area contributed by atoms with Gasteiger partial charge in [-0.1, -0.05) is 31.2 Å². The Morgan fingerprint density at radius 2 is 1.91 bits per heavy atom. The maximum Gasteiger partial charge on any atom is 0.161 e. The lowest BCUT2D eigenvalue weighted by Crippen LogP contribution is -2.55. The fraction of sp³-hybridized carbons (Fsp3) is 0.444. The van der Waals surface area contributed by atoms with Gasteiger partial charge in [0.05, 0.1) is 25.5 Å². The van der Waals surface area contributed by atoms with Crippen molar-refractivity contribution in [3.63, 3.8) is 0 Å². The molecule has 0 unspecified atom stereocenters. The number of hydrogen-bond acceptors (Lipinski definition) is 5. The molecule has 0 amide bonds. The van der Waals surface area contributed by atoms with Crippen molar-refractivity contribution >= 4 is 10.8 Å². The zero-order chi connectivity index (χ0) is 22.3. The number of benzene rings is 2. The number of ether oxygens (including phenoxy) is 2. The molecule has 3 aromatic rings. The molecule has 5 heteroatoms. The van der Waals surface area contributed by atoms with Crippen LogP contribution >= 0.6 is 0 Å². The third-order valence-electron chi connectivity index (χ3n) is 7.60. The second-order valence-electron chi connectivity index (χ2n) is 9.24. The topological polar surface area (TPSA) is 54.8 Å². The Morgan fingerprint density at radius 1 is 1.12 bits per heavy atom. The lowest BCUT2D eigenvalue weighted by atomic mass is 9.70. The molecular weight excluding hydrogens is 400 g/mol. The quantitative estimate of drug-likeness (QED) is 0.641. The Balaban J connectivity index is 1.53. The fourth-order valence-corrected chi connectivity index (χ4v) is 5.83. The molecule has 168 valence electrons. The summed E-state index contributed by atoms with van der Waals surface area (Å²) in [5.74, 6) is 1.74. The molecule has 32 heavy (non-hydrogen) atoms. The van der Waals surface area contributed by atoms with Crippen LogP contribution in [0, 0.1) is 5.92 Å². The van der Waals surface area contributed by atoms with Crippen LogP contribution < -0.4 is 9.47 Å². The molecule has 1 fully saturated rings. The van der Waals surface area contributed by atoms with Crippen LogP contribution in [0.5, 0.6) is 11.5 Å².